The predicted octanol–water partition coefficient (Wildman–Crippen LogP) is 3.15. The van der Waals surface area contributed by atoms with E-state index in [-0.39, 0.29) is 0 Å². The van der Waals surface area contributed by atoms with Crippen molar-refractivity contribution in [3.63, 3.8) is 0 Å². The van der Waals surface area contributed by atoms with Crippen LogP contribution in [0.25, 0.3) is 0 Å². The summed E-state index contributed by atoms with van der Waals surface area (Å²) in [6, 6.07) is 8.69. The van der Waals surface area contributed by atoms with Gasteiger partial charge in [-0.15, -0.1) is 0 Å². The van der Waals surface area contributed by atoms with Crippen LogP contribution >= 0.6 is 0 Å². The van der Waals surface area contributed by atoms with Crippen molar-refractivity contribution in [2.75, 3.05) is 13.6 Å². The van der Waals surface area contributed by atoms with E-state index in [4.69, 9.17) is 0 Å². The molecule has 0 aromatic heterocycles. The lowest BCUT2D eigenvalue weighted by molar-refractivity contribution is 0.0126. The van der Waals surface area contributed by atoms with Gasteiger partial charge in [0.1, 0.15) is 5.75 Å². The standard InChI is InChI=1S/C16H23NO/c1-12-15-7-4-8-16(12,9-10-17(15)2)13-5-3-6-14(18)11-13/h3,5-6,11-12,15,18H,4,7-10H2,1-2H3. The average molecular weight is 245 g/mol. The molecule has 0 amide bonds. The Morgan fingerprint density at radius 1 is 1.33 bits per heavy atom. The maximum Gasteiger partial charge on any atom is 0.115 e. The quantitative estimate of drug-likeness (QED) is 0.821. The van der Waals surface area contributed by atoms with E-state index in [0.29, 0.717) is 17.1 Å². The van der Waals surface area contributed by atoms with Crippen LogP contribution < -0.4 is 0 Å². The Bertz CT molecular complexity index is 444. The second kappa shape index (κ2) is 4.27. The van der Waals surface area contributed by atoms with Crippen molar-refractivity contribution in [2.24, 2.45) is 5.92 Å². The molecule has 18 heavy (non-hydrogen) atoms. The first-order valence-corrected chi connectivity index (χ1v) is 7.13. The maximum absolute atomic E-state index is 9.77. The van der Waals surface area contributed by atoms with Crippen molar-refractivity contribution in [1.29, 1.82) is 0 Å². The minimum absolute atomic E-state index is 0.300. The Kier molecular flexibility index (Phi) is 2.86. The van der Waals surface area contributed by atoms with E-state index in [1.165, 1.54) is 37.8 Å². The molecule has 2 fully saturated rings. The zero-order valence-corrected chi connectivity index (χ0v) is 11.4. The summed E-state index contributed by atoms with van der Waals surface area (Å²) < 4.78 is 0. The largest absolute Gasteiger partial charge is 0.508 e. The van der Waals surface area contributed by atoms with Gasteiger partial charge in [0.05, 0.1) is 0 Å². The molecule has 2 aliphatic rings. The lowest BCUT2D eigenvalue weighted by Crippen LogP contribution is -2.56. The zero-order chi connectivity index (χ0) is 12.8. The first kappa shape index (κ1) is 12.0. The van der Waals surface area contributed by atoms with Crippen molar-refractivity contribution in [1.82, 2.24) is 4.90 Å². The van der Waals surface area contributed by atoms with Crippen LogP contribution in [0.15, 0.2) is 24.3 Å². The number of likely N-dealkylation sites (tertiary alicyclic amines) is 1. The topological polar surface area (TPSA) is 23.5 Å². The van der Waals surface area contributed by atoms with Gasteiger partial charge in [-0.25, -0.2) is 0 Å². The summed E-state index contributed by atoms with van der Waals surface area (Å²) in [6.45, 7) is 3.59. The molecule has 3 unspecified atom stereocenters. The van der Waals surface area contributed by atoms with E-state index < -0.39 is 0 Å². The third-order valence-electron chi connectivity index (χ3n) is 5.47. The normalized spacial score (nSPS) is 36.6. The molecule has 2 heteroatoms. The molecule has 0 radical (unpaired) electrons. The molecule has 3 atom stereocenters. The Balaban J connectivity index is 2.02. The van der Waals surface area contributed by atoms with Crippen LogP contribution in [0.5, 0.6) is 5.75 Å². The van der Waals surface area contributed by atoms with Gasteiger partial charge in [-0.2, -0.15) is 0 Å². The van der Waals surface area contributed by atoms with E-state index in [1.54, 1.807) is 6.07 Å². The maximum atomic E-state index is 9.77. The summed E-state index contributed by atoms with van der Waals surface area (Å²) >= 11 is 0. The molecule has 0 spiro atoms. The number of piperidine rings is 1. The molecule has 2 nitrogen and oxygen atoms in total. The monoisotopic (exact) mass is 245 g/mol. The molecule has 1 aromatic carbocycles. The fourth-order valence-electron chi connectivity index (χ4n) is 4.34. The molecule has 98 valence electrons. The number of nitrogens with zero attached hydrogens (tertiary/aromatic N) is 1. The smallest absolute Gasteiger partial charge is 0.115 e. The molecular formula is C16H23NO. The Hall–Kier alpha value is -1.02. The lowest BCUT2D eigenvalue weighted by atomic mass is 9.57. The fraction of sp³-hybridized carbons (Fsp3) is 0.625. The fourth-order valence-corrected chi connectivity index (χ4v) is 4.34. The molecule has 1 aliphatic carbocycles. The third kappa shape index (κ3) is 1.66. The summed E-state index contributed by atoms with van der Waals surface area (Å²) in [4.78, 5) is 2.53. The summed E-state index contributed by atoms with van der Waals surface area (Å²) in [5.41, 5.74) is 1.65. The number of aromatic hydroxyl groups is 1. The summed E-state index contributed by atoms with van der Waals surface area (Å²) in [5.74, 6) is 1.10. The minimum Gasteiger partial charge on any atom is -0.508 e. The number of fused-ring (bicyclic) bond motifs is 2. The highest BCUT2D eigenvalue weighted by Crippen LogP contribution is 2.50. The van der Waals surface area contributed by atoms with E-state index >= 15 is 0 Å². The number of hydrogen-bond acceptors (Lipinski definition) is 2. The molecule has 3 rings (SSSR count). The molecule has 1 aliphatic heterocycles. The van der Waals surface area contributed by atoms with E-state index in [0.717, 1.165) is 6.04 Å². The van der Waals surface area contributed by atoms with E-state index in [1.807, 2.05) is 12.1 Å². The van der Waals surface area contributed by atoms with Crippen LogP contribution in [0.1, 0.15) is 38.2 Å². The predicted molar refractivity (Wildman–Crippen MR) is 73.8 cm³/mol. The van der Waals surface area contributed by atoms with Crippen molar-refractivity contribution < 1.29 is 5.11 Å². The number of phenols is 1. The van der Waals surface area contributed by atoms with Crippen LogP contribution in [0, 0.1) is 5.92 Å². The van der Waals surface area contributed by atoms with Crippen molar-refractivity contribution in [3.8, 4) is 5.75 Å². The molecule has 2 bridgehead atoms. The molecule has 1 N–H and O–H groups in total. The number of hydrogen-bond donors (Lipinski definition) is 1. The number of rotatable bonds is 1. The van der Waals surface area contributed by atoms with E-state index in [2.05, 4.69) is 24.9 Å². The number of phenolic OH excluding ortho intramolecular Hbond substituents is 1. The molecule has 1 saturated heterocycles. The van der Waals surface area contributed by atoms with Gasteiger partial charge < -0.3 is 10.0 Å². The van der Waals surface area contributed by atoms with Crippen molar-refractivity contribution >= 4 is 0 Å². The summed E-state index contributed by atoms with van der Waals surface area (Å²) in [5, 5.41) is 9.77. The Morgan fingerprint density at radius 3 is 2.94 bits per heavy atom. The van der Waals surface area contributed by atoms with Crippen LogP contribution in [0.3, 0.4) is 0 Å². The van der Waals surface area contributed by atoms with Gasteiger partial charge in [0.2, 0.25) is 0 Å². The summed E-state index contributed by atoms with van der Waals surface area (Å²) in [6.07, 6.45) is 5.15. The van der Waals surface area contributed by atoms with E-state index in [9.17, 15) is 5.11 Å². The third-order valence-corrected chi connectivity index (χ3v) is 5.47. The van der Waals surface area contributed by atoms with Gasteiger partial charge in [0.15, 0.2) is 0 Å². The molecule has 1 heterocycles. The first-order chi connectivity index (χ1) is 8.63. The van der Waals surface area contributed by atoms with Crippen LogP contribution in [-0.4, -0.2) is 29.6 Å². The van der Waals surface area contributed by atoms with Crippen LogP contribution in [0.4, 0.5) is 0 Å². The molecule has 1 aromatic rings. The number of benzene rings is 1. The van der Waals surface area contributed by atoms with Crippen LogP contribution in [-0.2, 0) is 5.41 Å². The van der Waals surface area contributed by atoms with Gasteiger partial charge in [0.25, 0.3) is 0 Å². The van der Waals surface area contributed by atoms with Crippen molar-refractivity contribution in [3.05, 3.63) is 29.8 Å². The lowest BCUT2D eigenvalue weighted by Gasteiger charge is -2.55. The first-order valence-electron chi connectivity index (χ1n) is 7.13. The highest BCUT2D eigenvalue weighted by atomic mass is 16.3. The van der Waals surface area contributed by atoms with Gasteiger partial charge in [-0.3, -0.25) is 0 Å². The van der Waals surface area contributed by atoms with Gasteiger partial charge in [-0.05, 0) is 56.5 Å². The summed E-state index contributed by atoms with van der Waals surface area (Å²) in [7, 11) is 2.26. The van der Waals surface area contributed by atoms with Crippen molar-refractivity contribution in [2.45, 2.75) is 44.1 Å². The Morgan fingerprint density at radius 2 is 2.17 bits per heavy atom. The Labute approximate surface area is 110 Å². The molecular weight excluding hydrogens is 222 g/mol. The second-order valence-electron chi connectivity index (χ2n) is 6.19. The zero-order valence-electron chi connectivity index (χ0n) is 11.4. The molecule has 1 saturated carbocycles. The van der Waals surface area contributed by atoms with Gasteiger partial charge in [-0.1, -0.05) is 25.5 Å². The highest BCUT2D eigenvalue weighted by Gasteiger charge is 2.48. The average Bonchev–Trinajstić information content (AvgIpc) is 2.35. The minimum atomic E-state index is 0.300. The van der Waals surface area contributed by atoms with Gasteiger partial charge >= 0.3 is 0 Å². The van der Waals surface area contributed by atoms with Crippen LogP contribution in [0.2, 0.25) is 0 Å². The SMILES string of the molecule is CC1C2CCCC1(c1cccc(O)c1)CCN2C. The highest BCUT2D eigenvalue weighted by molar-refractivity contribution is 5.35. The second-order valence-corrected chi connectivity index (χ2v) is 6.19. The van der Waals surface area contributed by atoms with Gasteiger partial charge in [0, 0.05) is 11.5 Å².